The molecule has 1 amide bonds. The standard InChI is InChI=1S/C26H26N2O7/c29-24(30)23(17-20-12-6-2-7-13-20)28(33)35-25(31)22(16-19-10-4-1-5-11-19)27-26(32)34-18-21-14-8-3-9-15-21/h1-15,22-23,33H,16-18H2,(H,27,32)(H,29,30)/t22-,23-/m0/s1. The number of carboxylic acids is 1. The first kappa shape index (κ1) is 25.4. The third kappa shape index (κ3) is 8.26. The first-order valence-electron chi connectivity index (χ1n) is 10.9. The molecule has 0 saturated carbocycles. The number of hydroxylamine groups is 2. The molecule has 0 aliphatic carbocycles. The summed E-state index contributed by atoms with van der Waals surface area (Å²) in [7, 11) is 0. The Kier molecular flexibility index (Phi) is 9.35. The molecule has 182 valence electrons. The smallest absolute Gasteiger partial charge is 0.408 e. The molecule has 0 spiro atoms. The lowest BCUT2D eigenvalue weighted by Gasteiger charge is -2.24. The van der Waals surface area contributed by atoms with Crippen molar-refractivity contribution in [1.82, 2.24) is 10.5 Å². The molecule has 3 aromatic rings. The molecule has 3 N–H and O–H groups in total. The van der Waals surface area contributed by atoms with Gasteiger partial charge >= 0.3 is 18.0 Å². The maximum Gasteiger partial charge on any atom is 0.408 e. The van der Waals surface area contributed by atoms with Gasteiger partial charge in [0.25, 0.3) is 0 Å². The van der Waals surface area contributed by atoms with E-state index >= 15 is 0 Å². The predicted octanol–water partition coefficient (Wildman–Crippen LogP) is 3.37. The number of hydrogen-bond donors (Lipinski definition) is 3. The van der Waals surface area contributed by atoms with Crippen molar-refractivity contribution in [3.8, 4) is 0 Å². The summed E-state index contributed by atoms with van der Waals surface area (Å²) < 4.78 is 5.19. The molecule has 0 heterocycles. The van der Waals surface area contributed by atoms with E-state index in [0.717, 1.165) is 5.56 Å². The summed E-state index contributed by atoms with van der Waals surface area (Å²) in [5.74, 6) is -2.44. The summed E-state index contributed by atoms with van der Waals surface area (Å²) in [6.45, 7) is -0.00985. The number of hydrogen-bond acceptors (Lipinski definition) is 7. The first-order valence-corrected chi connectivity index (χ1v) is 10.9. The predicted molar refractivity (Wildman–Crippen MR) is 125 cm³/mol. The molecule has 0 radical (unpaired) electrons. The van der Waals surface area contributed by atoms with Gasteiger partial charge in [-0.1, -0.05) is 91.0 Å². The lowest BCUT2D eigenvalue weighted by atomic mass is 10.1. The highest BCUT2D eigenvalue weighted by Gasteiger charge is 2.32. The van der Waals surface area contributed by atoms with Gasteiger partial charge in [0.15, 0.2) is 6.04 Å². The van der Waals surface area contributed by atoms with Crippen LogP contribution in [0.2, 0.25) is 0 Å². The van der Waals surface area contributed by atoms with Crippen molar-refractivity contribution < 1.29 is 34.3 Å². The number of rotatable bonds is 11. The van der Waals surface area contributed by atoms with E-state index in [4.69, 9.17) is 9.57 Å². The molecule has 0 bridgehead atoms. The van der Waals surface area contributed by atoms with E-state index in [1.54, 1.807) is 84.9 Å². The van der Waals surface area contributed by atoms with Crippen LogP contribution in [0.3, 0.4) is 0 Å². The minimum Gasteiger partial charge on any atom is -0.480 e. The fourth-order valence-corrected chi connectivity index (χ4v) is 3.27. The molecule has 0 aliphatic heterocycles. The van der Waals surface area contributed by atoms with E-state index in [-0.39, 0.29) is 24.7 Å². The lowest BCUT2D eigenvalue weighted by Crippen LogP contribution is -2.48. The number of alkyl carbamates (subject to hydrolysis) is 1. The van der Waals surface area contributed by atoms with Crippen molar-refractivity contribution in [3.05, 3.63) is 108 Å². The molecule has 2 atom stereocenters. The fraction of sp³-hybridized carbons (Fsp3) is 0.192. The minimum atomic E-state index is -1.55. The second-order valence-electron chi connectivity index (χ2n) is 7.70. The van der Waals surface area contributed by atoms with Crippen LogP contribution in [0.15, 0.2) is 91.0 Å². The highest BCUT2D eigenvalue weighted by molar-refractivity contribution is 5.82. The van der Waals surface area contributed by atoms with Gasteiger partial charge in [0.05, 0.1) is 0 Å². The van der Waals surface area contributed by atoms with E-state index < -0.39 is 30.1 Å². The Morgan fingerprint density at radius 3 is 1.77 bits per heavy atom. The summed E-state index contributed by atoms with van der Waals surface area (Å²) in [6.07, 6.45) is -0.949. The maximum atomic E-state index is 12.9. The molecule has 0 unspecified atom stereocenters. The SMILES string of the molecule is O=C(N[C@@H](Cc1ccccc1)C(=O)ON(O)[C@@H](Cc1ccccc1)C(=O)O)OCc1ccccc1. The normalized spacial score (nSPS) is 12.4. The average molecular weight is 479 g/mol. The molecule has 35 heavy (non-hydrogen) atoms. The second-order valence-corrected chi connectivity index (χ2v) is 7.70. The summed E-state index contributed by atoms with van der Waals surface area (Å²) in [6, 6.07) is 23.6. The van der Waals surface area contributed by atoms with Crippen LogP contribution in [0.5, 0.6) is 0 Å². The molecule has 0 fully saturated rings. The van der Waals surface area contributed by atoms with Crippen molar-refractivity contribution in [1.29, 1.82) is 0 Å². The van der Waals surface area contributed by atoms with Crippen LogP contribution in [0, 0.1) is 0 Å². The van der Waals surface area contributed by atoms with Crippen LogP contribution in [0.1, 0.15) is 16.7 Å². The summed E-state index contributed by atoms with van der Waals surface area (Å²) in [4.78, 5) is 41.9. The van der Waals surface area contributed by atoms with Crippen molar-refractivity contribution in [2.24, 2.45) is 0 Å². The largest absolute Gasteiger partial charge is 0.480 e. The quantitative estimate of drug-likeness (QED) is 0.358. The second kappa shape index (κ2) is 12.9. The third-order valence-electron chi connectivity index (χ3n) is 5.08. The number of benzene rings is 3. The number of carbonyl (C=O) groups excluding carboxylic acids is 2. The molecule has 0 aromatic heterocycles. The van der Waals surface area contributed by atoms with Gasteiger partial charge in [-0.15, -0.1) is 0 Å². The van der Waals surface area contributed by atoms with Crippen LogP contribution in [-0.4, -0.2) is 45.7 Å². The zero-order valence-corrected chi connectivity index (χ0v) is 18.8. The minimum absolute atomic E-state index is 0.00659. The molecule has 0 aliphatic rings. The van der Waals surface area contributed by atoms with E-state index in [9.17, 15) is 24.7 Å². The van der Waals surface area contributed by atoms with Crippen molar-refractivity contribution in [2.45, 2.75) is 31.5 Å². The van der Waals surface area contributed by atoms with E-state index in [2.05, 4.69) is 5.32 Å². The summed E-state index contributed by atoms with van der Waals surface area (Å²) >= 11 is 0. The van der Waals surface area contributed by atoms with Crippen LogP contribution < -0.4 is 5.32 Å². The number of nitrogens with one attached hydrogen (secondary N) is 1. The van der Waals surface area contributed by atoms with Gasteiger partial charge < -0.3 is 20.0 Å². The van der Waals surface area contributed by atoms with Gasteiger partial charge in [-0.3, -0.25) is 10.0 Å². The average Bonchev–Trinajstić information content (AvgIpc) is 2.87. The van der Waals surface area contributed by atoms with Crippen LogP contribution in [-0.2, 0) is 38.6 Å². The van der Waals surface area contributed by atoms with Crippen LogP contribution >= 0.6 is 0 Å². The molecule has 3 rings (SSSR count). The summed E-state index contributed by atoms with van der Waals surface area (Å²) in [5.41, 5.74) is 2.09. The Labute approximate surface area is 202 Å². The van der Waals surface area contributed by atoms with Crippen LogP contribution in [0.4, 0.5) is 4.79 Å². The Hall–Kier alpha value is -4.21. The Morgan fingerprint density at radius 1 is 0.771 bits per heavy atom. The third-order valence-corrected chi connectivity index (χ3v) is 5.08. The number of nitrogens with zero attached hydrogens (tertiary/aromatic N) is 1. The molecule has 3 aromatic carbocycles. The molecule has 9 heteroatoms. The first-order chi connectivity index (χ1) is 16.9. The Balaban J connectivity index is 1.67. The highest BCUT2D eigenvalue weighted by Crippen LogP contribution is 2.11. The number of carboxylic acid groups (broad SMARTS) is 1. The van der Waals surface area contributed by atoms with Gasteiger partial charge in [0.2, 0.25) is 0 Å². The lowest BCUT2D eigenvalue weighted by molar-refractivity contribution is -0.335. The van der Waals surface area contributed by atoms with Gasteiger partial charge in [-0.05, 0) is 21.9 Å². The summed E-state index contributed by atoms with van der Waals surface area (Å²) in [5, 5.41) is 22.3. The van der Waals surface area contributed by atoms with Gasteiger partial charge in [0, 0.05) is 12.8 Å². The maximum absolute atomic E-state index is 12.9. The number of amides is 1. The van der Waals surface area contributed by atoms with Crippen LogP contribution in [0.25, 0.3) is 0 Å². The monoisotopic (exact) mass is 478 g/mol. The highest BCUT2D eigenvalue weighted by atomic mass is 16.9. The molecule has 9 nitrogen and oxygen atoms in total. The molecular formula is C26H26N2O7. The number of aliphatic carboxylic acids is 1. The topological polar surface area (TPSA) is 125 Å². The fourth-order valence-electron chi connectivity index (χ4n) is 3.27. The van der Waals surface area contributed by atoms with Gasteiger partial charge in [-0.25, -0.2) is 9.59 Å². The Bertz CT molecular complexity index is 1090. The molecule has 0 saturated heterocycles. The van der Waals surface area contributed by atoms with E-state index in [1.807, 2.05) is 6.07 Å². The number of carbonyl (C=O) groups is 3. The van der Waals surface area contributed by atoms with Gasteiger partial charge in [-0.2, -0.15) is 0 Å². The zero-order chi connectivity index (χ0) is 25.0. The zero-order valence-electron chi connectivity index (χ0n) is 18.8. The van der Waals surface area contributed by atoms with Crippen molar-refractivity contribution in [3.63, 3.8) is 0 Å². The number of ether oxygens (including phenoxy) is 1. The van der Waals surface area contributed by atoms with Gasteiger partial charge in [0.1, 0.15) is 12.6 Å². The Morgan fingerprint density at radius 2 is 1.26 bits per heavy atom. The van der Waals surface area contributed by atoms with E-state index in [0.29, 0.717) is 11.1 Å². The van der Waals surface area contributed by atoms with Crippen molar-refractivity contribution >= 4 is 18.0 Å². The molecular weight excluding hydrogens is 452 g/mol. The van der Waals surface area contributed by atoms with Crippen molar-refractivity contribution in [2.75, 3.05) is 0 Å². The van der Waals surface area contributed by atoms with E-state index in [1.165, 1.54) is 0 Å².